The Bertz CT molecular complexity index is 805. The Morgan fingerprint density at radius 2 is 1.86 bits per heavy atom. The molecule has 0 aliphatic heterocycles. The van der Waals surface area contributed by atoms with Crippen molar-refractivity contribution in [2.24, 2.45) is 17.6 Å². The van der Waals surface area contributed by atoms with Crippen LogP contribution in [0, 0.1) is 11.8 Å². The van der Waals surface area contributed by atoms with E-state index in [-0.39, 0.29) is 16.5 Å². The zero-order chi connectivity index (χ0) is 20.1. The van der Waals surface area contributed by atoms with Crippen molar-refractivity contribution in [2.45, 2.75) is 44.1 Å². The molecular weight excluding hydrogens is 374 g/mol. The van der Waals surface area contributed by atoms with E-state index in [1.807, 2.05) is 30.3 Å². The van der Waals surface area contributed by atoms with E-state index in [2.05, 4.69) is 0 Å². The molecule has 2 atom stereocenters. The van der Waals surface area contributed by atoms with Crippen LogP contribution >= 0.6 is 11.6 Å². The van der Waals surface area contributed by atoms with Crippen LogP contribution in [0.4, 0.5) is 0 Å². The van der Waals surface area contributed by atoms with Gasteiger partial charge in [0.05, 0.1) is 16.2 Å². The van der Waals surface area contributed by atoms with Gasteiger partial charge in [-0.05, 0) is 48.6 Å². The van der Waals surface area contributed by atoms with Crippen molar-refractivity contribution in [3.8, 4) is 0 Å². The number of nitrogens with two attached hydrogens (primary N) is 1. The summed E-state index contributed by atoms with van der Waals surface area (Å²) in [4.78, 5) is 11.2. The molecule has 0 amide bonds. The van der Waals surface area contributed by atoms with Crippen molar-refractivity contribution >= 4 is 17.6 Å². The molecule has 28 heavy (non-hydrogen) atoms. The Morgan fingerprint density at radius 1 is 1.18 bits per heavy atom. The fraction of sp³-hybridized carbons (Fsp3) is 0.435. The van der Waals surface area contributed by atoms with Gasteiger partial charge in [0, 0.05) is 5.92 Å². The monoisotopic (exact) mass is 401 g/mol. The summed E-state index contributed by atoms with van der Waals surface area (Å²) in [7, 11) is 0. The highest BCUT2D eigenvalue weighted by molar-refractivity contribution is 6.33. The number of carboxylic acid groups (broad SMARTS) is 1. The van der Waals surface area contributed by atoms with Gasteiger partial charge < -0.3 is 15.9 Å². The first-order valence-corrected chi connectivity index (χ1v) is 10.3. The van der Waals surface area contributed by atoms with E-state index in [4.69, 9.17) is 22.4 Å². The number of aliphatic hydroxyl groups is 1. The molecule has 2 aromatic carbocycles. The fourth-order valence-electron chi connectivity index (χ4n) is 4.63. The summed E-state index contributed by atoms with van der Waals surface area (Å²) in [6.45, 7) is 0.439. The lowest BCUT2D eigenvalue weighted by molar-refractivity contribution is -0.0511. The third-order valence-corrected chi connectivity index (χ3v) is 6.48. The lowest BCUT2D eigenvalue weighted by Crippen LogP contribution is -2.43. The van der Waals surface area contributed by atoms with Gasteiger partial charge >= 0.3 is 5.97 Å². The first-order valence-electron chi connectivity index (χ1n) is 9.95. The van der Waals surface area contributed by atoms with Crippen molar-refractivity contribution in [1.29, 1.82) is 0 Å². The molecule has 0 aromatic heterocycles. The molecule has 3 rings (SSSR count). The van der Waals surface area contributed by atoms with Crippen LogP contribution in [0.5, 0.6) is 0 Å². The molecule has 0 spiro atoms. The molecule has 2 aromatic rings. The Kier molecular flexibility index (Phi) is 6.76. The van der Waals surface area contributed by atoms with E-state index in [9.17, 15) is 9.90 Å². The summed E-state index contributed by atoms with van der Waals surface area (Å²) >= 11 is 6.12. The molecule has 0 radical (unpaired) electrons. The Hall–Kier alpha value is -1.88. The fourth-order valence-corrected chi connectivity index (χ4v) is 4.91. The number of hydrogen-bond acceptors (Lipinski definition) is 3. The van der Waals surface area contributed by atoms with Gasteiger partial charge in [-0.2, -0.15) is 0 Å². The predicted molar refractivity (Wildman–Crippen MR) is 112 cm³/mol. The molecule has 1 fully saturated rings. The maximum absolute atomic E-state index is 11.9. The summed E-state index contributed by atoms with van der Waals surface area (Å²) in [6.07, 6.45) is 5.70. The van der Waals surface area contributed by atoms with Gasteiger partial charge in [-0.25, -0.2) is 4.79 Å². The van der Waals surface area contributed by atoms with Crippen molar-refractivity contribution in [2.75, 3.05) is 6.54 Å². The molecule has 0 saturated heterocycles. The third-order valence-electron chi connectivity index (χ3n) is 6.17. The van der Waals surface area contributed by atoms with E-state index >= 15 is 0 Å². The summed E-state index contributed by atoms with van der Waals surface area (Å²) in [5.74, 6) is -0.624. The van der Waals surface area contributed by atoms with Crippen LogP contribution in [-0.2, 0) is 12.0 Å². The van der Waals surface area contributed by atoms with Crippen molar-refractivity contribution in [3.63, 3.8) is 0 Å². The Morgan fingerprint density at radius 3 is 2.43 bits per heavy atom. The van der Waals surface area contributed by atoms with Gasteiger partial charge in [0.2, 0.25) is 0 Å². The number of carboxylic acids is 1. The summed E-state index contributed by atoms with van der Waals surface area (Å²) < 4.78 is 0. The van der Waals surface area contributed by atoms with Gasteiger partial charge in [-0.1, -0.05) is 73.7 Å². The molecule has 4 N–H and O–H groups in total. The highest BCUT2D eigenvalue weighted by atomic mass is 35.5. The van der Waals surface area contributed by atoms with Crippen molar-refractivity contribution in [3.05, 3.63) is 70.2 Å². The number of aryl methyl sites for hydroxylation is 1. The number of carbonyl (C=O) groups is 1. The van der Waals surface area contributed by atoms with Gasteiger partial charge in [0.15, 0.2) is 0 Å². The number of aromatic carboxylic acids is 1. The summed E-state index contributed by atoms with van der Waals surface area (Å²) in [6, 6.07) is 14.8. The predicted octanol–water partition coefficient (Wildman–Crippen LogP) is 4.62. The lowest BCUT2D eigenvalue weighted by Gasteiger charge is -2.40. The Balaban J connectivity index is 1.87. The van der Waals surface area contributed by atoms with E-state index < -0.39 is 11.6 Å². The van der Waals surface area contributed by atoms with Crippen LogP contribution in [0.3, 0.4) is 0 Å². The molecule has 4 nitrogen and oxygen atoms in total. The van der Waals surface area contributed by atoms with E-state index in [1.54, 1.807) is 12.1 Å². The average Bonchev–Trinajstić information content (AvgIpc) is 3.21. The molecule has 150 valence electrons. The van der Waals surface area contributed by atoms with E-state index in [0.29, 0.717) is 25.3 Å². The minimum absolute atomic E-state index is 0.00818. The van der Waals surface area contributed by atoms with Gasteiger partial charge in [0.1, 0.15) is 0 Å². The van der Waals surface area contributed by atoms with E-state index in [0.717, 1.165) is 24.0 Å². The molecular formula is C23H28ClNO3. The molecule has 1 saturated carbocycles. The zero-order valence-corrected chi connectivity index (χ0v) is 16.7. The number of halogens is 1. The van der Waals surface area contributed by atoms with Crippen LogP contribution in [-0.4, -0.2) is 22.7 Å². The smallest absolute Gasteiger partial charge is 0.337 e. The second-order valence-corrected chi connectivity index (χ2v) is 8.20. The molecule has 1 aliphatic rings. The SMILES string of the molecule is NCC(C1CCCC1)C(O)(CCc1ccc(C(=O)O)c(Cl)c1)c1ccccc1. The highest BCUT2D eigenvalue weighted by Crippen LogP contribution is 2.43. The standard InChI is InChI=1S/C23H28ClNO3/c24-21-14-16(10-11-19(21)22(26)27)12-13-23(28,18-8-2-1-3-9-18)20(15-25)17-6-4-5-7-17/h1-3,8-11,14,17,20,28H,4-7,12-13,15,25H2,(H,26,27). The minimum Gasteiger partial charge on any atom is -0.478 e. The van der Waals surface area contributed by atoms with Crippen LogP contribution < -0.4 is 5.73 Å². The van der Waals surface area contributed by atoms with Crippen LogP contribution in [0.15, 0.2) is 48.5 Å². The first kappa shape index (κ1) is 20.8. The normalized spacial score (nSPS) is 18.0. The lowest BCUT2D eigenvalue weighted by atomic mass is 9.71. The molecule has 1 aliphatic carbocycles. The number of rotatable bonds is 8. The van der Waals surface area contributed by atoms with Crippen LogP contribution in [0.2, 0.25) is 5.02 Å². The summed E-state index contributed by atoms with van der Waals surface area (Å²) in [5, 5.41) is 21.2. The summed E-state index contributed by atoms with van der Waals surface area (Å²) in [5.41, 5.74) is 7.05. The largest absolute Gasteiger partial charge is 0.478 e. The highest BCUT2D eigenvalue weighted by Gasteiger charge is 2.42. The topological polar surface area (TPSA) is 83.5 Å². The van der Waals surface area contributed by atoms with Crippen molar-refractivity contribution < 1.29 is 15.0 Å². The number of hydrogen-bond donors (Lipinski definition) is 3. The second-order valence-electron chi connectivity index (χ2n) is 7.80. The van der Waals surface area contributed by atoms with E-state index in [1.165, 1.54) is 18.9 Å². The molecule has 2 unspecified atom stereocenters. The Labute approximate surface area is 171 Å². The minimum atomic E-state index is -1.04. The average molecular weight is 402 g/mol. The first-order chi connectivity index (χ1) is 13.5. The zero-order valence-electron chi connectivity index (χ0n) is 16.0. The number of benzene rings is 2. The quantitative estimate of drug-likeness (QED) is 0.602. The van der Waals surface area contributed by atoms with Crippen LogP contribution in [0.1, 0.15) is 53.6 Å². The second kappa shape index (κ2) is 9.08. The van der Waals surface area contributed by atoms with Crippen molar-refractivity contribution in [1.82, 2.24) is 0 Å². The maximum Gasteiger partial charge on any atom is 0.337 e. The van der Waals surface area contributed by atoms with Gasteiger partial charge in [-0.15, -0.1) is 0 Å². The molecule has 0 bridgehead atoms. The maximum atomic E-state index is 11.9. The van der Waals surface area contributed by atoms with Gasteiger partial charge in [0.25, 0.3) is 0 Å². The molecule has 5 heteroatoms. The van der Waals surface area contributed by atoms with Gasteiger partial charge in [-0.3, -0.25) is 0 Å². The van der Waals surface area contributed by atoms with Crippen LogP contribution in [0.25, 0.3) is 0 Å². The third kappa shape index (κ3) is 4.40. The molecule has 0 heterocycles.